The standard InChI is InChI=1S/C18H20O5/c1-19-14-6-4-13(5-7-14)18(22-10-11-23-18)16-9-8-15(20-2)12-17(16)21-3/h4-9,12H,10-11H2,1-3H3. The SMILES string of the molecule is COc1ccc(C2(c3ccc(OC)cc3OC)OCCO2)cc1. The molecule has 0 atom stereocenters. The zero-order chi connectivity index (χ0) is 16.3. The summed E-state index contributed by atoms with van der Waals surface area (Å²) >= 11 is 0. The third-order valence-electron chi connectivity index (χ3n) is 3.93. The molecule has 1 aliphatic rings. The van der Waals surface area contributed by atoms with E-state index in [2.05, 4.69) is 0 Å². The summed E-state index contributed by atoms with van der Waals surface area (Å²) in [5.74, 6) is 1.17. The first-order valence-corrected chi connectivity index (χ1v) is 7.38. The molecule has 122 valence electrons. The van der Waals surface area contributed by atoms with Crippen LogP contribution in [0.1, 0.15) is 11.1 Å². The van der Waals surface area contributed by atoms with Gasteiger partial charge in [-0.05, 0) is 36.4 Å². The van der Waals surface area contributed by atoms with E-state index in [1.54, 1.807) is 21.3 Å². The first-order valence-electron chi connectivity index (χ1n) is 7.38. The van der Waals surface area contributed by atoms with Gasteiger partial charge in [-0.25, -0.2) is 0 Å². The number of hydrogen-bond acceptors (Lipinski definition) is 5. The summed E-state index contributed by atoms with van der Waals surface area (Å²) in [6.07, 6.45) is 0. The van der Waals surface area contributed by atoms with Gasteiger partial charge in [0.05, 0.1) is 40.1 Å². The molecule has 0 aliphatic carbocycles. The lowest BCUT2D eigenvalue weighted by Gasteiger charge is -2.30. The van der Waals surface area contributed by atoms with Gasteiger partial charge >= 0.3 is 0 Å². The van der Waals surface area contributed by atoms with E-state index in [1.165, 1.54) is 0 Å². The maximum Gasteiger partial charge on any atom is 0.226 e. The molecule has 1 saturated heterocycles. The van der Waals surface area contributed by atoms with Crippen molar-refractivity contribution in [3.05, 3.63) is 53.6 Å². The van der Waals surface area contributed by atoms with Crippen molar-refractivity contribution in [3.63, 3.8) is 0 Å². The van der Waals surface area contributed by atoms with Crippen LogP contribution in [-0.2, 0) is 15.3 Å². The molecular formula is C18H20O5. The lowest BCUT2D eigenvalue weighted by atomic mass is 9.96. The Labute approximate surface area is 135 Å². The molecule has 0 unspecified atom stereocenters. The van der Waals surface area contributed by atoms with Crippen molar-refractivity contribution in [3.8, 4) is 17.2 Å². The summed E-state index contributed by atoms with van der Waals surface area (Å²) in [7, 11) is 4.88. The third-order valence-corrected chi connectivity index (χ3v) is 3.93. The maximum absolute atomic E-state index is 6.02. The molecular weight excluding hydrogens is 296 g/mol. The van der Waals surface area contributed by atoms with Gasteiger partial charge < -0.3 is 23.7 Å². The molecule has 0 saturated carbocycles. The highest BCUT2D eigenvalue weighted by Gasteiger charge is 2.43. The van der Waals surface area contributed by atoms with Crippen LogP contribution in [0.15, 0.2) is 42.5 Å². The predicted molar refractivity (Wildman–Crippen MR) is 85.2 cm³/mol. The van der Waals surface area contributed by atoms with Crippen molar-refractivity contribution >= 4 is 0 Å². The fourth-order valence-electron chi connectivity index (χ4n) is 2.77. The minimum Gasteiger partial charge on any atom is -0.497 e. The quantitative estimate of drug-likeness (QED) is 0.848. The van der Waals surface area contributed by atoms with Crippen LogP contribution in [0.4, 0.5) is 0 Å². The molecule has 23 heavy (non-hydrogen) atoms. The Balaban J connectivity index is 2.10. The highest BCUT2D eigenvalue weighted by Crippen LogP contribution is 2.44. The van der Waals surface area contributed by atoms with Gasteiger partial charge in [-0.1, -0.05) is 0 Å². The Morgan fingerprint density at radius 1 is 0.783 bits per heavy atom. The second-order valence-corrected chi connectivity index (χ2v) is 5.11. The van der Waals surface area contributed by atoms with Gasteiger partial charge in [-0.3, -0.25) is 0 Å². The van der Waals surface area contributed by atoms with E-state index in [-0.39, 0.29) is 0 Å². The van der Waals surface area contributed by atoms with Crippen molar-refractivity contribution in [2.45, 2.75) is 5.79 Å². The molecule has 0 bridgehead atoms. The van der Waals surface area contributed by atoms with Crippen LogP contribution in [0.25, 0.3) is 0 Å². The van der Waals surface area contributed by atoms with Gasteiger partial charge in [0, 0.05) is 11.6 Å². The number of methoxy groups -OCH3 is 3. The average Bonchev–Trinajstić information content (AvgIpc) is 3.12. The normalized spacial score (nSPS) is 16.1. The highest BCUT2D eigenvalue weighted by molar-refractivity contribution is 5.48. The first kappa shape index (κ1) is 15.6. The van der Waals surface area contributed by atoms with Gasteiger partial charge in [-0.2, -0.15) is 0 Å². The molecule has 1 aliphatic heterocycles. The minimum atomic E-state index is -0.982. The van der Waals surface area contributed by atoms with Crippen LogP contribution < -0.4 is 14.2 Å². The fourth-order valence-corrected chi connectivity index (χ4v) is 2.77. The van der Waals surface area contributed by atoms with E-state index in [0.717, 1.165) is 16.9 Å². The largest absolute Gasteiger partial charge is 0.497 e. The maximum atomic E-state index is 6.02. The van der Waals surface area contributed by atoms with Crippen LogP contribution in [0.2, 0.25) is 0 Å². The molecule has 5 nitrogen and oxygen atoms in total. The third kappa shape index (κ3) is 2.73. The lowest BCUT2D eigenvalue weighted by molar-refractivity contribution is -0.131. The zero-order valence-electron chi connectivity index (χ0n) is 13.5. The van der Waals surface area contributed by atoms with Crippen LogP contribution in [0.3, 0.4) is 0 Å². The molecule has 0 spiro atoms. The average molecular weight is 316 g/mol. The monoisotopic (exact) mass is 316 g/mol. The summed E-state index contributed by atoms with van der Waals surface area (Å²) < 4.78 is 28.1. The smallest absolute Gasteiger partial charge is 0.226 e. The number of rotatable bonds is 5. The topological polar surface area (TPSA) is 46.2 Å². The van der Waals surface area contributed by atoms with Gasteiger partial charge in [0.15, 0.2) is 0 Å². The molecule has 3 rings (SSSR count). The highest BCUT2D eigenvalue weighted by atomic mass is 16.7. The molecule has 0 aromatic heterocycles. The summed E-state index contributed by atoms with van der Waals surface area (Å²) in [4.78, 5) is 0. The van der Waals surface area contributed by atoms with Crippen molar-refractivity contribution < 1.29 is 23.7 Å². The Kier molecular flexibility index (Phi) is 4.41. The van der Waals surface area contributed by atoms with Crippen LogP contribution in [-0.4, -0.2) is 34.5 Å². The molecule has 1 fully saturated rings. The Morgan fingerprint density at radius 2 is 1.39 bits per heavy atom. The van der Waals surface area contributed by atoms with E-state index in [1.807, 2.05) is 42.5 Å². The molecule has 2 aromatic carbocycles. The number of hydrogen-bond donors (Lipinski definition) is 0. The second-order valence-electron chi connectivity index (χ2n) is 5.11. The molecule has 0 N–H and O–H groups in total. The summed E-state index contributed by atoms with van der Waals surface area (Å²) in [5, 5.41) is 0. The van der Waals surface area contributed by atoms with Crippen LogP contribution in [0.5, 0.6) is 17.2 Å². The van der Waals surface area contributed by atoms with E-state index in [4.69, 9.17) is 23.7 Å². The summed E-state index contributed by atoms with van der Waals surface area (Å²) in [6, 6.07) is 13.3. The first-order chi connectivity index (χ1) is 11.2. The second kappa shape index (κ2) is 6.48. The molecule has 1 heterocycles. The van der Waals surface area contributed by atoms with Crippen molar-refractivity contribution in [2.24, 2.45) is 0 Å². The van der Waals surface area contributed by atoms with E-state index >= 15 is 0 Å². The van der Waals surface area contributed by atoms with E-state index < -0.39 is 5.79 Å². The molecule has 5 heteroatoms. The van der Waals surface area contributed by atoms with Crippen LogP contribution >= 0.6 is 0 Å². The van der Waals surface area contributed by atoms with Gasteiger partial charge in [0.25, 0.3) is 0 Å². The fraction of sp³-hybridized carbons (Fsp3) is 0.333. The van der Waals surface area contributed by atoms with E-state index in [0.29, 0.717) is 24.7 Å². The molecule has 2 aromatic rings. The van der Waals surface area contributed by atoms with Crippen molar-refractivity contribution in [1.82, 2.24) is 0 Å². The Hall–Kier alpha value is -2.24. The van der Waals surface area contributed by atoms with Crippen molar-refractivity contribution in [1.29, 1.82) is 0 Å². The van der Waals surface area contributed by atoms with Gasteiger partial charge in [-0.15, -0.1) is 0 Å². The van der Waals surface area contributed by atoms with Crippen molar-refractivity contribution in [2.75, 3.05) is 34.5 Å². The number of ether oxygens (including phenoxy) is 5. The Morgan fingerprint density at radius 3 is 1.96 bits per heavy atom. The van der Waals surface area contributed by atoms with Gasteiger partial charge in [0.2, 0.25) is 5.79 Å². The zero-order valence-corrected chi connectivity index (χ0v) is 13.5. The summed E-state index contributed by atoms with van der Waals surface area (Å²) in [6.45, 7) is 1.03. The Bertz CT molecular complexity index is 660. The summed E-state index contributed by atoms with van der Waals surface area (Å²) in [5.41, 5.74) is 1.70. The minimum absolute atomic E-state index is 0.515. The van der Waals surface area contributed by atoms with Gasteiger partial charge in [0.1, 0.15) is 17.2 Å². The lowest BCUT2D eigenvalue weighted by Crippen LogP contribution is -2.29. The molecule has 0 radical (unpaired) electrons. The van der Waals surface area contributed by atoms with Crippen LogP contribution in [0, 0.1) is 0 Å². The molecule has 0 amide bonds. The number of benzene rings is 2. The predicted octanol–water partition coefficient (Wildman–Crippen LogP) is 2.96. The van der Waals surface area contributed by atoms with E-state index in [9.17, 15) is 0 Å².